The van der Waals surface area contributed by atoms with Crippen LogP contribution in [0.2, 0.25) is 0 Å². The molecule has 3 aromatic rings. The summed E-state index contributed by atoms with van der Waals surface area (Å²) in [6.07, 6.45) is 0.402. The highest BCUT2D eigenvalue weighted by molar-refractivity contribution is 5.92. The van der Waals surface area contributed by atoms with E-state index in [1.807, 2.05) is 24.3 Å². The van der Waals surface area contributed by atoms with Gasteiger partial charge in [0.1, 0.15) is 11.6 Å². The third-order valence-electron chi connectivity index (χ3n) is 3.90. The topological polar surface area (TPSA) is 76.1 Å². The van der Waals surface area contributed by atoms with Gasteiger partial charge in [-0.2, -0.15) is 0 Å². The van der Waals surface area contributed by atoms with Gasteiger partial charge in [-0.1, -0.05) is 30.3 Å². The quantitative estimate of drug-likeness (QED) is 0.671. The fourth-order valence-corrected chi connectivity index (χ4v) is 2.51. The number of hydrogen-bond acceptors (Lipinski definition) is 5. The van der Waals surface area contributed by atoms with E-state index in [-0.39, 0.29) is 17.4 Å². The normalized spacial score (nSPS) is 10.3. The molecule has 27 heavy (non-hydrogen) atoms. The van der Waals surface area contributed by atoms with Crippen LogP contribution in [0, 0.1) is 5.82 Å². The van der Waals surface area contributed by atoms with Crippen molar-refractivity contribution >= 4 is 17.4 Å². The maximum absolute atomic E-state index is 13.6. The molecule has 138 valence electrons. The second-order valence-electron chi connectivity index (χ2n) is 5.73. The van der Waals surface area contributed by atoms with Crippen molar-refractivity contribution in [2.24, 2.45) is 0 Å². The maximum Gasteiger partial charge on any atom is 0.271 e. The van der Waals surface area contributed by atoms with Crippen molar-refractivity contribution in [2.75, 3.05) is 19.0 Å². The van der Waals surface area contributed by atoms with Crippen LogP contribution in [0.5, 0.6) is 5.75 Å². The molecular weight excluding hydrogens is 347 g/mol. The summed E-state index contributed by atoms with van der Waals surface area (Å²) in [7, 11) is 1.58. The Bertz CT molecular complexity index is 916. The number of halogens is 1. The highest BCUT2D eigenvalue weighted by Crippen LogP contribution is 2.25. The molecule has 0 spiro atoms. The Balaban J connectivity index is 1.56. The van der Waals surface area contributed by atoms with Crippen LogP contribution < -0.4 is 15.4 Å². The first kappa shape index (κ1) is 18.3. The second-order valence-corrected chi connectivity index (χ2v) is 5.73. The lowest BCUT2D eigenvalue weighted by molar-refractivity contribution is 0.0948. The number of carbonyl (C=O) groups excluding carboxylic acids is 1. The average Bonchev–Trinajstić information content (AvgIpc) is 2.70. The first-order valence-corrected chi connectivity index (χ1v) is 8.43. The van der Waals surface area contributed by atoms with E-state index in [4.69, 9.17) is 4.74 Å². The molecule has 0 aliphatic rings. The number of hydrogen-bond donors (Lipinski definition) is 2. The molecular formula is C20H19FN4O2. The fourth-order valence-electron chi connectivity index (χ4n) is 2.51. The Morgan fingerprint density at radius 1 is 1.04 bits per heavy atom. The summed E-state index contributed by atoms with van der Waals surface area (Å²) < 4.78 is 18.8. The molecule has 1 aromatic heterocycles. The van der Waals surface area contributed by atoms with Crippen LogP contribution >= 0.6 is 0 Å². The zero-order chi connectivity index (χ0) is 19.1. The molecule has 2 N–H and O–H groups in total. The van der Waals surface area contributed by atoms with Gasteiger partial charge in [0.25, 0.3) is 5.91 Å². The molecule has 0 aliphatic carbocycles. The summed E-state index contributed by atoms with van der Waals surface area (Å²) in [5.41, 5.74) is 1.49. The Kier molecular flexibility index (Phi) is 5.94. The van der Waals surface area contributed by atoms with Crippen molar-refractivity contribution in [3.63, 3.8) is 0 Å². The van der Waals surface area contributed by atoms with Gasteiger partial charge in [0.05, 0.1) is 12.8 Å². The van der Waals surface area contributed by atoms with Crippen LogP contribution in [-0.2, 0) is 6.42 Å². The number of carbonyl (C=O) groups is 1. The summed E-state index contributed by atoms with van der Waals surface area (Å²) in [5, 5.41) is 13.7. The number of anilines is 2. The highest BCUT2D eigenvalue weighted by atomic mass is 19.1. The van der Waals surface area contributed by atoms with Gasteiger partial charge in [-0.3, -0.25) is 4.79 Å². The monoisotopic (exact) mass is 366 g/mol. The van der Waals surface area contributed by atoms with Crippen LogP contribution in [0.25, 0.3) is 0 Å². The summed E-state index contributed by atoms with van der Waals surface area (Å²) in [6.45, 7) is 0.308. The van der Waals surface area contributed by atoms with Crippen LogP contribution in [0.15, 0.2) is 60.7 Å². The molecule has 2 aromatic carbocycles. The zero-order valence-corrected chi connectivity index (χ0v) is 14.8. The molecule has 0 atom stereocenters. The average molecular weight is 366 g/mol. The largest absolute Gasteiger partial charge is 0.495 e. The van der Waals surface area contributed by atoms with Gasteiger partial charge in [0.15, 0.2) is 11.5 Å². The minimum absolute atomic E-state index is 0.189. The molecule has 3 rings (SSSR count). The first-order valence-electron chi connectivity index (χ1n) is 8.43. The lowest BCUT2D eigenvalue weighted by Crippen LogP contribution is -2.27. The zero-order valence-electron chi connectivity index (χ0n) is 14.8. The van der Waals surface area contributed by atoms with Crippen molar-refractivity contribution < 1.29 is 13.9 Å². The third kappa shape index (κ3) is 4.78. The summed E-state index contributed by atoms with van der Waals surface area (Å²) in [4.78, 5) is 12.1. The standard InChI is InChI=1S/C20H19FN4O2/c1-27-18-9-5-4-8-16(18)23-19-11-10-17(24-25-19)20(26)22-13-12-14-6-2-3-7-15(14)21/h2-11H,12-13H2,1H3,(H,22,26)(H,23,25). The molecule has 6 nitrogen and oxygen atoms in total. The van der Waals surface area contributed by atoms with E-state index in [0.29, 0.717) is 30.1 Å². The fraction of sp³-hybridized carbons (Fsp3) is 0.150. The van der Waals surface area contributed by atoms with Crippen LogP contribution in [0.3, 0.4) is 0 Å². The van der Waals surface area contributed by atoms with Gasteiger partial charge >= 0.3 is 0 Å². The Morgan fingerprint density at radius 3 is 2.56 bits per heavy atom. The van der Waals surface area contributed by atoms with Crippen molar-refractivity contribution in [2.45, 2.75) is 6.42 Å². The SMILES string of the molecule is COc1ccccc1Nc1ccc(C(=O)NCCc2ccccc2F)nn1. The lowest BCUT2D eigenvalue weighted by Gasteiger charge is -2.10. The first-order chi connectivity index (χ1) is 13.2. The van der Waals surface area contributed by atoms with Gasteiger partial charge in [-0.25, -0.2) is 4.39 Å². The number of amides is 1. The van der Waals surface area contributed by atoms with E-state index in [1.54, 1.807) is 37.4 Å². The van der Waals surface area contributed by atoms with Crippen LogP contribution in [0.4, 0.5) is 15.9 Å². The van der Waals surface area contributed by atoms with Crippen molar-refractivity contribution in [1.29, 1.82) is 0 Å². The number of nitrogens with zero attached hydrogens (tertiary/aromatic N) is 2. The third-order valence-corrected chi connectivity index (χ3v) is 3.90. The van der Waals surface area contributed by atoms with Gasteiger partial charge in [0.2, 0.25) is 0 Å². The van der Waals surface area contributed by atoms with E-state index >= 15 is 0 Å². The number of aromatic nitrogens is 2. The second kappa shape index (κ2) is 8.75. The van der Waals surface area contributed by atoms with E-state index in [2.05, 4.69) is 20.8 Å². The number of rotatable bonds is 7. The molecule has 1 amide bonds. The Morgan fingerprint density at radius 2 is 1.81 bits per heavy atom. The molecule has 1 heterocycles. The van der Waals surface area contributed by atoms with E-state index in [1.165, 1.54) is 6.07 Å². The van der Waals surface area contributed by atoms with Crippen LogP contribution in [-0.4, -0.2) is 29.8 Å². The number of nitrogens with one attached hydrogen (secondary N) is 2. The lowest BCUT2D eigenvalue weighted by atomic mass is 10.1. The Hall–Kier alpha value is -3.48. The van der Waals surface area contributed by atoms with Gasteiger partial charge < -0.3 is 15.4 Å². The van der Waals surface area contributed by atoms with Crippen molar-refractivity contribution in [3.8, 4) is 5.75 Å². The van der Waals surface area contributed by atoms with Gasteiger partial charge in [-0.05, 0) is 42.3 Å². The minimum Gasteiger partial charge on any atom is -0.495 e. The summed E-state index contributed by atoms with van der Waals surface area (Å²) in [5.74, 6) is 0.526. The van der Waals surface area contributed by atoms with Crippen molar-refractivity contribution in [3.05, 3.63) is 77.7 Å². The van der Waals surface area contributed by atoms with Crippen molar-refractivity contribution in [1.82, 2.24) is 15.5 Å². The molecule has 0 fully saturated rings. The van der Waals surface area contributed by atoms with Gasteiger partial charge in [0, 0.05) is 6.54 Å². The van der Waals surface area contributed by atoms with Gasteiger partial charge in [-0.15, -0.1) is 10.2 Å². The molecule has 0 saturated carbocycles. The highest BCUT2D eigenvalue weighted by Gasteiger charge is 2.09. The molecule has 0 unspecified atom stereocenters. The van der Waals surface area contributed by atoms with Crippen LogP contribution in [0.1, 0.15) is 16.1 Å². The number of para-hydroxylation sites is 2. The van der Waals surface area contributed by atoms with E-state index in [9.17, 15) is 9.18 Å². The predicted octanol–water partition coefficient (Wildman–Crippen LogP) is 3.34. The summed E-state index contributed by atoms with van der Waals surface area (Å²) in [6, 6.07) is 17.1. The molecule has 7 heteroatoms. The molecule has 0 aliphatic heterocycles. The summed E-state index contributed by atoms with van der Waals surface area (Å²) >= 11 is 0. The smallest absolute Gasteiger partial charge is 0.271 e. The minimum atomic E-state index is -0.359. The number of ether oxygens (including phenoxy) is 1. The predicted molar refractivity (Wildman–Crippen MR) is 101 cm³/mol. The molecule has 0 radical (unpaired) electrons. The number of methoxy groups -OCH3 is 1. The molecule has 0 bridgehead atoms. The maximum atomic E-state index is 13.6. The van der Waals surface area contributed by atoms with E-state index < -0.39 is 0 Å². The Labute approximate surface area is 156 Å². The van der Waals surface area contributed by atoms with E-state index in [0.717, 1.165) is 5.69 Å². The number of benzene rings is 2. The molecule has 0 saturated heterocycles.